The highest BCUT2D eigenvalue weighted by molar-refractivity contribution is 14.1. The van der Waals surface area contributed by atoms with E-state index in [2.05, 4.69) is 38.3 Å². The van der Waals surface area contributed by atoms with Crippen LogP contribution in [0.25, 0.3) is 16.8 Å². The van der Waals surface area contributed by atoms with Gasteiger partial charge in [0.25, 0.3) is 0 Å². The number of rotatable bonds is 0. The topological polar surface area (TPSA) is 22.2 Å². The van der Waals surface area contributed by atoms with Gasteiger partial charge in [-0.15, -0.1) is 0 Å². The van der Waals surface area contributed by atoms with E-state index in [4.69, 9.17) is 0 Å². The Morgan fingerprint density at radius 3 is 2.92 bits per heavy atom. The summed E-state index contributed by atoms with van der Waals surface area (Å²) in [6.07, 6.45) is 4.02. The molecule has 0 aliphatic heterocycles. The summed E-state index contributed by atoms with van der Waals surface area (Å²) in [6.45, 7) is 0. The number of nitrogens with zero attached hydrogens (tertiary/aromatic N) is 3. The Kier molecular flexibility index (Phi) is 1.40. The fraction of sp³-hybridized carbons (Fsp3) is 0. The summed E-state index contributed by atoms with van der Waals surface area (Å²) < 4.78 is 4.07. The predicted molar refractivity (Wildman–Crippen MR) is 60.1 cm³/mol. The number of benzene rings is 1. The maximum absolute atomic E-state index is 4.49. The third kappa shape index (κ3) is 0.918. The van der Waals surface area contributed by atoms with Gasteiger partial charge in [0.2, 0.25) is 5.78 Å². The molecule has 0 saturated carbocycles. The number of imidazole rings is 2. The summed E-state index contributed by atoms with van der Waals surface area (Å²) in [5.41, 5.74) is 2.21. The van der Waals surface area contributed by atoms with Crippen molar-refractivity contribution >= 4 is 39.7 Å². The van der Waals surface area contributed by atoms with E-state index in [0.29, 0.717) is 0 Å². The fourth-order valence-electron chi connectivity index (χ4n) is 1.52. The number of fused-ring (bicyclic) bond motifs is 3. The van der Waals surface area contributed by atoms with Gasteiger partial charge < -0.3 is 0 Å². The third-order valence-corrected chi connectivity index (χ3v) is 2.87. The second kappa shape index (κ2) is 2.47. The van der Waals surface area contributed by atoms with E-state index >= 15 is 0 Å². The summed E-state index contributed by atoms with van der Waals surface area (Å²) in [4.78, 5) is 4.49. The Morgan fingerprint density at radius 1 is 1.15 bits per heavy atom. The van der Waals surface area contributed by atoms with Crippen LogP contribution in [0, 0.1) is 0 Å². The Bertz CT molecular complexity index is 579. The molecule has 2 heterocycles. The van der Waals surface area contributed by atoms with Gasteiger partial charge in [0.05, 0.1) is 33.9 Å². The van der Waals surface area contributed by atoms with Gasteiger partial charge in [0.15, 0.2) is 0 Å². The van der Waals surface area contributed by atoms with Gasteiger partial charge in [-0.3, -0.25) is 7.18 Å². The van der Waals surface area contributed by atoms with Crippen LogP contribution in [-0.4, -0.2) is 12.2 Å². The van der Waals surface area contributed by atoms with Crippen LogP contribution in [0.2, 0.25) is 0 Å². The highest BCUT2D eigenvalue weighted by Crippen LogP contribution is 2.17. The Hall–Kier alpha value is -1.04. The predicted octanol–water partition coefficient (Wildman–Crippen LogP) is 2.49. The lowest BCUT2D eigenvalue weighted by Gasteiger charge is -1.86. The van der Waals surface area contributed by atoms with Crippen LogP contribution >= 0.6 is 22.9 Å². The quantitative estimate of drug-likeness (QED) is 0.581. The Labute approximate surface area is 88.5 Å². The zero-order valence-corrected chi connectivity index (χ0v) is 8.84. The normalized spacial score (nSPS) is 11.5. The van der Waals surface area contributed by atoms with E-state index in [0.717, 1.165) is 16.8 Å². The summed E-state index contributed by atoms with van der Waals surface area (Å²) in [5, 5.41) is 0. The maximum Gasteiger partial charge on any atom is 0.224 e. The second-order valence-corrected chi connectivity index (χ2v) is 3.92. The molecule has 0 bridgehead atoms. The molecule has 13 heavy (non-hydrogen) atoms. The molecular weight excluding hydrogens is 277 g/mol. The lowest BCUT2D eigenvalue weighted by atomic mass is 10.3. The maximum atomic E-state index is 4.49. The standard InChI is InChI=1S/C9H6IN3/c10-13-6-5-12-8-4-2-1-3-7(8)11-9(12)13/h1-6H. The zero-order valence-electron chi connectivity index (χ0n) is 6.68. The molecule has 3 nitrogen and oxygen atoms in total. The highest BCUT2D eigenvalue weighted by atomic mass is 127. The molecule has 0 spiro atoms. The average Bonchev–Trinajstić information content (AvgIpc) is 2.67. The molecule has 0 N–H and O–H groups in total. The van der Waals surface area contributed by atoms with Crippen molar-refractivity contribution in [3.05, 3.63) is 36.7 Å². The van der Waals surface area contributed by atoms with Crippen LogP contribution in [-0.2, 0) is 0 Å². The first-order valence-electron chi connectivity index (χ1n) is 3.96. The van der Waals surface area contributed by atoms with Crippen LogP contribution in [0.3, 0.4) is 0 Å². The van der Waals surface area contributed by atoms with Crippen molar-refractivity contribution in [2.75, 3.05) is 0 Å². The molecule has 0 atom stereocenters. The van der Waals surface area contributed by atoms with Gasteiger partial charge in [-0.25, -0.2) is 4.98 Å². The van der Waals surface area contributed by atoms with E-state index < -0.39 is 0 Å². The van der Waals surface area contributed by atoms with Crippen LogP contribution in [0.5, 0.6) is 0 Å². The van der Waals surface area contributed by atoms with Crippen molar-refractivity contribution in [3.63, 3.8) is 0 Å². The lowest BCUT2D eigenvalue weighted by molar-refractivity contribution is 1.23. The fourth-order valence-corrected chi connectivity index (χ4v) is 2.01. The molecule has 2 aromatic heterocycles. The monoisotopic (exact) mass is 283 g/mol. The van der Waals surface area contributed by atoms with Crippen molar-refractivity contribution in [2.45, 2.75) is 0 Å². The minimum atomic E-state index is 0.974. The highest BCUT2D eigenvalue weighted by Gasteiger charge is 2.05. The summed E-state index contributed by atoms with van der Waals surface area (Å²) in [7, 11) is 0. The molecule has 0 fully saturated rings. The molecule has 0 aliphatic carbocycles. The summed E-state index contributed by atoms with van der Waals surface area (Å²) in [5.74, 6) is 0.974. The molecule has 0 amide bonds. The minimum Gasteiger partial charge on any atom is -0.283 e. The van der Waals surface area contributed by atoms with Crippen molar-refractivity contribution in [3.8, 4) is 0 Å². The number of halogens is 1. The second-order valence-electron chi connectivity index (χ2n) is 2.88. The first-order valence-corrected chi connectivity index (χ1v) is 4.93. The van der Waals surface area contributed by atoms with Gasteiger partial charge in [-0.2, -0.15) is 0 Å². The van der Waals surface area contributed by atoms with Gasteiger partial charge in [0.1, 0.15) is 0 Å². The zero-order chi connectivity index (χ0) is 8.84. The molecule has 0 saturated heterocycles. The number of aromatic nitrogens is 3. The molecule has 64 valence electrons. The van der Waals surface area contributed by atoms with Crippen molar-refractivity contribution < 1.29 is 0 Å². The van der Waals surface area contributed by atoms with Crippen LogP contribution in [0.4, 0.5) is 0 Å². The van der Waals surface area contributed by atoms with Crippen molar-refractivity contribution in [1.29, 1.82) is 0 Å². The summed E-state index contributed by atoms with van der Waals surface area (Å²) in [6, 6.07) is 8.14. The van der Waals surface area contributed by atoms with Crippen molar-refractivity contribution in [1.82, 2.24) is 12.2 Å². The first-order chi connectivity index (χ1) is 6.36. The third-order valence-electron chi connectivity index (χ3n) is 2.11. The Balaban J connectivity index is 2.64. The summed E-state index contributed by atoms with van der Waals surface area (Å²) >= 11 is 2.22. The van der Waals surface area contributed by atoms with Crippen LogP contribution in [0.15, 0.2) is 36.7 Å². The molecule has 0 radical (unpaired) electrons. The van der Waals surface area contributed by atoms with Gasteiger partial charge in [0, 0.05) is 12.4 Å². The largest absolute Gasteiger partial charge is 0.283 e. The van der Waals surface area contributed by atoms with Crippen LogP contribution in [0.1, 0.15) is 0 Å². The van der Waals surface area contributed by atoms with E-state index in [-0.39, 0.29) is 0 Å². The molecule has 1 aromatic carbocycles. The smallest absolute Gasteiger partial charge is 0.224 e. The molecular formula is C9H6IN3. The van der Waals surface area contributed by atoms with Crippen LogP contribution < -0.4 is 0 Å². The number of hydrogen-bond donors (Lipinski definition) is 0. The number of para-hydroxylation sites is 2. The molecule has 3 rings (SSSR count). The molecule has 4 heteroatoms. The first kappa shape index (κ1) is 7.37. The minimum absolute atomic E-state index is 0.974. The molecule has 0 aliphatic rings. The van der Waals surface area contributed by atoms with Crippen molar-refractivity contribution in [2.24, 2.45) is 0 Å². The molecule has 0 unspecified atom stereocenters. The SMILES string of the molecule is In1ccn2c3ccccc3nc12. The lowest BCUT2D eigenvalue weighted by Crippen LogP contribution is -1.78. The average molecular weight is 283 g/mol. The number of hydrogen-bond acceptors (Lipinski definition) is 1. The van der Waals surface area contributed by atoms with Gasteiger partial charge in [-0.05, 0) is 12.1 Å². The van der Waals surface area contributed by atoms with E-state index in [1.54, 1.807) is 0 Å². The Morgan fingerprint density at radius 2 is 2.00 bits per heavy atom. The van der Waals surface area contributed by atoms with E-state index in [1.807, 2.05) is 33.4 Å². The van der Waals surface area contributed by atoms with E-state index in [1.165, 1.54) is 0 Å². The van der Waals surface area contributed by atoms with Gasteiger partial charge >= 0.3 is 0 Å². The van der Waals surface area contributed by atoms with Gasteiger partial charge in [-0.1, -0.05) is 12.1 Å². The van der Waals surface area contributed by atoms with E-state index in [9.17, 15) is 0 Å². The molecule has 3 aromatic rings.